The van der Waals surface area contributed by atoms with E-state index in [2.05, 4.69) is 21.5 Å². The first-order valence-electron chi connectivity index (χ1n) is 9.99. The summed E-state index contributed by atoms with van der Waals surface area (Å²) >= 11 is 6.38. The Morgan fingerprint density at radius 1 is 1.34 bits per heavy atom. The molecular formula is C21H30ClN5O2. The minimum absolute atomic E-state index is 0.121. The lowest BCUT2D eigenvalue weighted by atomic mass is 10.1. The van der Waals surface area contributed by atoms with Crippen LogP contribution in [0.4, 0.5) is 0 Å². The molecule has 0 atom stereocenters. The van der Waals surface area contributed by atoms with E-state index in [1.165, 1.54) is 5.56 Å². The van der Waals surface area contributed by atoms with E-state index in [-0.39, 0.29) is 12.0 Å². The van der Waals surface area contributed by atoms with Crippen molar-refractivity contribution in [3.63, 3.8) is 0 Å². The first-order chi connectivity index (χ1) is 13.9. The van der Waals surface area contributed by atoms with Crippen molar-refractivity contribution in [2.24, 2.45) is 7.05 Å². The van der Waals surface area contributed by atoms with Gasteiger partial charge in [-0.3, -0.25) is 14.4 Å². The third kappa shape index (κ3) is 6.45. The maximum atomic E-state index is 12.2. The molecule has 0 aliphatic carbocycles. The first kappa shape index (κ1) is 21.6. The average Bonchev–Trinajstić information content (AvgIpc) is 3.09. The molecule has 1 aliphatic heterocycles. The van der Waals surface area contributed by atoms with Gasteiger partial charge in [0.1, 0.15) is 11.9 Å². The lowest BCUT2D eigenvalue weighted by Crippen LogP contribution is -2.37. The molecule has 0 bridgehead atoms. The molecule has 158 valence electrons. The Hall–Kier alpha value is -2.09. The topological polar surface area (TPSA) is 62.6 Å². The van der Waals surface area contributed by atoms with Gasteiger partial charge in [-0.25, -0.2) is 0 Å². The van der Waals surface area contributed by atoms with Crippen LogP contribution in [0.1, 0.15) is 28.8 Å². The van der Waals surface area contributed by atoms with E-state index in [9.17, 15) is 4.79 Å². The first-order valence-corrected chi connectivity index (χ1v) is 10.4. The van der Waals surface area contributed by atoms with Crippen LogP contribution in [0.15, 0.2) is 30.6 Å². The Kier molecular flexibility index (Phi) is 7.52. The molecule has 1 amide bonds. The summed E-state index contributed by atoms with van der Waals surface area (Å²) in [4.78, 5) is 16.7. The van der Waals surface area contributed by atoms with Gasteiger partial charge in [0, 0.05) is 57.1 Å². The zero-order valence-electron chi connectivity index (χ0n) is 17.4. The molecular weight excluding hydrogens is 390 g/mol. The molecule has 3 rings (SSSR count). The third-order valence-electron chi connectivity index (χ3n) is 5.03. The second-order valence-corrected chi connectivity index (χ2v) is 8.23. The van der Waals surface area contributed by atoms with Crippen LogP contribution in [0.5, 0.6) is 5.75 Å². The maximum absolute atomic E-state index is 12.2. The molecule has 1 aromatic carbocycles. The number of rotatable bonds is 8. The number of halogens is 1. The van der Waals surface area contributed by atoms with E-state index in [1.807, 2.05) is 36.9 Å². The van der Waals surface area contributed by atoms with Crippen LogP contribution in [0.25, 0.3) is 0 Å². The zero-order valence-corrected chi connectivity index (χ0v) is 18.2. The quantitative estimate of drug-likeness (QED) is 0.711. The number of aryl methyl sites for hydroxylation is 1. The number of likely N-dealkylation sites (N-methyl/N-ethyl adjacent to an activating group) is 1. The molecule has 2 aromatic rings. The van der Waals surface area contributed by atoms with Crippen molar-refractivity contribution < 1.29 is 9.53 Å². The van der Waals surface area contributed by atoms with Gasteiger partial charge < -0.3 is 15.0 Å². The fraction of sp³-hybridized carbons (Fsp3) is 0.524. The predicted molar refractivity (Wildman–Crippen MR) is 114 cm³/mol. The largest absolute Gasteiger partial charge is 0.489 e. The van der Waals surface area contributed by atoms with Crippen LogP contribution in [0.3, 0.4) is 0 Å². The lowest BCUT2D eigenvalue weighted by molar-refractivity contribution is 0.0948. The Bertz CT molecular complexity index is 815. The molecule has 0 saturated carbocycles. The van der Waals surface area contributed by atoms with Crippen molar-refractivity contribution in [3.8, 4) is 5.75 Å². The highest BCUT2D eigenvalue weighted by Gasteiger charge is 2.22. The standard InChI is InChI=1S/C21H30ClN5O2/c1-25(2)11-8-23-21(28)17-4-5-20(19(22)12-17)29-18-6-9-27(10-7-18)15-16-13-24-26(3)14-16/h4-5,12-14,18H,6-11,15H2,1-3H3,(H,23,28). The van der Waals surface area contributed by atoms with Crippen LogP contribution >= 0.6 is 11.6 Å². The van der Waals surface area contributed by atoms with Crippen molar-refractivity contribution in [2.75, 3.05) is 40.3 Å². The van der Waals surface area contributed by atoms with E-state index in [4.69, 9.17) is 16.3 Å². The summed E-state index contributed by atoms with van der Waals surface area (Å²) in [5.41, 5.74) is 1.78. The summed E-state index contributed by atoms with van der Waals surface area (Å²) in [6.07, 6.45) is 6.01. The summed E-state index contributed by atoms with van der Waals surface area (Å²) in [5.74, 6) is 0.520. The number of likely N-dealkylation sites (tertiary alicyclic amines) is 1. The molecule has 1 aromatic heterocycles. The molecule has 2 heterocycles. The highest BCUT2D eigenvalue weighted by molar-refractivity contribution is 6.32. The molecule has 1 fully saturated rings. The van der Waals surface area contributed by atoms with Crippen molar-refractivity contribution in [2.45, 2.75) is 25.5 Å². The SMILES string of the molecule is CN(C)CCNC(=O)c1ccc(OC2CCN(Cc3cnn(C)c3)CC2)c(Cl)c1. The van der Waals surface area contributed by atoms with E-state index >= 15 is 0 Å². The van der Waals surface area contributed by atoms with E-state index < -0.39 is 0 Å². The number of aromatic nitrogens is 2. The third-order valence-corrected chi connectivity index (χ3v) is 5.33. The Morgan fingerprint density at radius 3 is 2.72 bits per heavy atom. The lowest BCUT2D eigenvalue weighted by Gasteiger charge is -2.32. The summed E-state index contributed by atoms with van der Waals surface area (Å²) in [7, 11) is 5.88. The Morgan fingerprint density at radius 2 is 2.10 bits per heavy atom. The van der Waals surface area contributed by atoms with E-state index in [1.54, 1.807) is 18.2 Å². The number of benzene rings is 1. The zero-order chi connectivity index (χ0) is 20.8. The molecule has 1 N–H and O–H groups in total. The van der Waals surface area contributed by atoms with Crippen LogP contribution < -0.4 is 10.1 Å². The van der Waals surface area contributed by atoms with E-state index in [0.717, 1.165) is 39.0 Å². The molecule has 0 radical (unpaired) electrons. The Labute approximate surface area is 177 Å². The number of hydrogen-bond acceptors (Lipinski definition) is 5. The van der Waals surface area contributed by atoms with Gasteiger partial charge in [0.25, 0.3) is 5.91 Å². The van der Waals surface area contributed by atoms with Crippen LogP contribution in [0, 0.1) is 0 Å². The second-order valence-electron chi connectivity index (χ2n) is 7.82. The van der Waals surface area contributed by atoms with Crippen LogP contribution in [-0.4, -0.2) is 71.9 Å². The fourth-order valence-corrected chi connectivity index (χ4v) is 3.63. The van der Waals surface area contributed by atoms with Gasteiger partial charge in [0.05, 0.1) is 11.2 Å². The van der Waals surface area contributed by atoms with Crippen LogP contribution in [-0.2, 0) is 13.6 Å². The molecule has 0 spiro atoms. The normalized spacial score (nSPS) is 15.6. The number of hydrogen-bond donors (Lipinski definition) is 1. The average molecular weight is 420 g/mol. The van der Waals surface area contributed by atoms with Crippen LogP contribution in [0.2, 0.25) is 5.02 Å². The molecule has 1 aliphatic rings. The van der Waals surface area contributed by atoms with Gasteiger partial charge in [-0.1, -0.05) is 11.6 Å². The van der Waals surface area contributed by atoms with Gasteiger partial charge in [-0.05, 0) is 45.1 Å². The molecule has 8 heteroatoms. The van der Waals surface area contributed by atoms with Crippen molar-refractivity contribution >= 4 is 17.5 Å². The Balaban J connectivity index is 1.47. The maximum Gasteiger partial charge on any atom is 0.251 e. The number of nitrogens with zero attached hydrogens (tertiary/aromatic N) is 4. The van der Waals surface area contributed by atoms with Crippen molar-refractivity contribution in [1.29, 1.82) is 0 Å². The highest BCUT2D eigenvalue weighted by Crippen LogP contribution is 2.28. The van der Waals surface area contributed by atoms with Gasteiger partial charge in [-0.15, -0.1) is 0 Å². The van der Waals surface area contributed by atoms with Crippen molar-refractivity contribution in [3.05, 3.63) is 46.7 Å². The number of piperidine rings is 1. The summed E-state index contributed by atoms with van der Waals surface area (Å²) in [5, 5.41) is 7.59. The van der Waals surface area contributed by atoms with Gasteiger partial charge in [-0.2, -0.15) is 5.10 Å². The number of carbonyl (C=O) groups excluding carboxylic acids is 1. The fourth-order valence-electron chi connectivity index (χ4n) is 3.41. The summed E-state index contributed by atoms with van der Waals surface area (Å²) in [6.45, 7) is 4.26. The smallest absolute Gasteiger partial charge is 0.251 e. The van der Waals surface area contributed by atoms with Gasteiger partial charge in [0.15, 0.2) is 0 Å². The van der Waals surface area contributed by atoms with Gasteiger partial charge >= 0.3 is 0 Å². The van der Waals surface area contributed by atoms with E-state index in [0.29, 0.717) is 22.9 Å². The molecule has 0 unspecified atom stereocenters. The highest BCUT2D eigenvalue weighted by atomic mass is 35.5. The monoisotopic (exact) mass is 419 g/mol. The predicted octanol–water partition coefficient (Wildman–Crippen LogP) is 2.41. The number of amides is 1. The summed E-state index contributed by atoms with van der Waals surface area (Å²) < 4.78 is 7.96. The number of nitrogens with one attached hydrogen (secondary N) is 1. The number of carbonyl (C=O) groups is 1. The minimum atomic E-state index is -0.121. The van der Waals surface area contributed by atoms with Crippen molar-refractivity contribution in [1.82, 2.24) is 24.9 Å². The minimum Gasteiger partial charge on any atom is -0.489 e. The summed E-state index contributed by atoms with van der Waals surface area (Å²) in [6, 6.07) is 5.24. The number of ether oxygens (including phenoxy) is 1. The van der Waals surface area contributed by atoms with Gasteiger partial charge in [0.2, 0.25) is 0 Å². The second kappa shape index (κ2) is 10.1. The molecule has 1 saturated heterocycles. The molecule has 7 nitrogen and oxygen atoms in total. The molecule has 29 heavy (non-hydrogen) atoms.